The Balaban J connectivity index is 2.17. The van der Waals surface area contributed by atoms with E-state index >= 15 is 0 Å². The minimum absolute atomic E-state index is 0.187. The van der Waals surface area contributed by atoms with Crippen molar-refractivity contribution >= 4 is 21.6 Å². The van der Waals surface area contributed by atoms with Gasteiger partial charge in [0.05, 0.1) is 27.6 Å². The van der Waals surface area contributed by atoms with Crippen molar-refractivity contribution in [2.45, 2.75) is 6.54 Å². The maximum absolute atomic E-state index is 12.4. The van der Waals surface area contributed by atoms with E-state index in [1.54, 1.807) is 30.3 Å². The number of benzene rings is 2. The van der Waals surface area contributed by atoms with Crippen molar-refractivity contribution < 1.29 is 27.4 Å². The van der Waals surface area contributed by atoms with E-state index in [0.717, 1.165) is 6.26 Å². The van der Waals surface area contributed by atoms with E-state index in [0.29, 0.717) is 34.1 Å². The van der Waals surface area contributed by atoms with E-state index in [-0.39, 0.29) is 12.5 Å². The van der Waals surface area contributed by atoms with Crippen LogP contribution in [0.3, 0.4) is 0 Å². The summed E-state index contributed by atoms with van der Waals surface area (Å²) in [5.41, 5.74) is 1.34. The molecule has 27 heavy (non-hydrogen) atoms. The maximum atomic E-state index is 12.4. The van der Waals surface area contributed by atoms with E-state index in [2.05, 4.69) is 10.0 Å². The molecule has 2 aromatic rings. The average molecular weight is 394 g/mol. The first-order valence-corrected chi connectivity index (χ1v) is 9.81. The lowest BCUT2D eigenvalue weighted by Gasteiger charge is -2.15. The zero-order valence-corrected chi connectivity index (χ0v) is 16.3. The smallest absolute Gasteiger partial charge is 0.251 e. The van der Waals surface area contributed by atoms with Crippen LogP contribution in [-0.4, -0.2) is 41.9 Å². The molecule has 1 amide bonds. The molecule has 9 heteroatoms. The summed E-state index contributed by atoms with van der Waals surface area (Å²) in [6, 6.07) is 9.61. The van der Waals surface area contributed by atoms with Gasteiger partial charge in [-0.3, -0.25) is 9.52 Å². The Bertz CT molecular complexity index is 927. The number of methoxy groups -OCH3 is 3. The van der Waals surface area contributed by atoms with Crippen molar-refractivity contribution in [3.63, 3.8) is 0 Å². The number of rotatable bonds is 8. The van der Waals surface area contributed by atoms with Crippen LogP contribution in [-0.2, 0) is 16.6 Å². The summed E-state index contributed by atoms with van der Waals surface area (Å²) in [5, 5.41) is 2.78. The zero-order valence-electron chi connectivity index (χ0n) is 15.5. The number of carbonyl (C=O) groups is 1. The fraction of sp³-hybridized carbons (Fsp3) is 0.278. The zero-order chi connectivity index (χ0) is 20.0. The second-order valence-electron chi connectivity index (χ2n) is 5.66. The lowest BCUT2D eigenvalue weighted by atomic mass is 10.1. The first kappa shape index (κ1) is 20.4. The predicted molar refractivity (Wildman–Crippen MR) is 102 cm³/mol. The van der Waals surface area contributed by atoms with Gasteiger partial charge < -0.3 is 19.5 Å². The molecule has 0 radical (unpaired) electrons. The van der Waals surface area contributed by atoms with Gasteiger partial charge in [0.15, 0.2) is 11.5 Å². The first-order chi connectivity index (χ1) is 12.8. The highest BCUT2D eigenvalue weighted by atomic mass is 32.2. The van der Waals surface area contributed by atoms with Crippen LogP contribution in [0.5, 0.6) is 17.2 Å². The van der Waals surface area contributed by atoms with Gasteiger partial charge >= 0.3 is 0 Å². The topological polar surface area (TPSA) is 103 Å². The third kappa shape index (κ3) is 5.52. The number of sulfonamides is 1. The van der Waals surface area contributed by atoms with Crippen molar-refractivity contribution in [3.05, 3.63) is 47.5 Å². The van der Waals surface area contributed by atoms with Gasteiger partial charge in [-0.15, -0.1) is 0 Å². The highest BCUT2D eigenvalue weighted by Gasteiger charge is 2.14. The lowest BCUT2D eigenvalue weighted by molar-refractivity contribution is 0.0950. The number of anilines is 1. The molecule has 0 aliphatic rings. The molecule has 0 fully saturated rings. The van der Waals surface area contributed by atoms with Crippen molar-refractivity contribution in [2.24, 2.45) is 0 Å². The first-order valence-electron chi connectivity index (χ1n) is 7.92. The van der Waals surface area contributed by atoms with Crippen LogP contribution in [0.15, 0.2) is 36.4 Å². The van der Waals surface area contributed by atoms with Gasteiger partial charge in [-0.05, 0) is 24.3 Å². The normalized spacial score (nSPS) is 10.8. The molecule has 0 heterocycles. The summed E-state index contributed by atoms with van der Waals surface area (Å²) in [6.07, 6.45) is 1.04. The molecule has 0 atom stereocenters. The van der Waals surface area contributed by atoms with E-state index in [9.17, 15) is 13.2 Å². The molecular formula is C18H22N2O6S. The van der Waals surface area contributed by atoms with Crippen molar-refractivity contribution in [2.75, 3.05) is 32.3 Å². The molecule has 0 saturated heterocycles. The molecule has 2 aromatic carbocycles. The van der Waals surface area contributed by atoms with Gasteiger partial charge in [0.25, 0.3) is 5.91 Å². The fourth-order valence-electron chi connectivity index (χ4n) is 2.45. The van der Waals surface area contributed by atoms with E-state index in [1.165, 1.54) is 27.4 Å². The van der Waals surface area contributed by atoms with Crippen LogP contribution in [0.4, 0.5) is 5.69 Å². The Morgan fingerprint density at radius 2 is 1.59 bits per heavy atom. The van der Waals surface area contributed by atoms with Crippen LogP contribution in [0.2, 0.25) is 0 Å². The summed E-state index contributed by atoms with van der Waals surface area (Å²) in [6.45, 7) is 0.187. The summed E-state index contributed by atoms with van der Waals surface area (Å²) >= 11 is 0. The summed E-state index contributed by atoms with van der Waals surface area (Å²) < 4.78 is 40.8. The number of hydrogen-bond acceptors (Lipinski definition) is 6. The van der Waals surface area contributed by atoms with Crippen molar-refractivity contribution in [1.82, 2.24) is 5.32 Å². The Morgan fingerprint density at radius 1 is 0.963 bits per heavy atom. The molecule has 0 saturated carbocycles. The van der Waals surface area contributed by atoms with Gasteiger partial charge in [0, 0.05) is 29.4 Å². The maximum Gasteiger partial charge on any atom is 0.251 e. The molecule has 0 unspecified atom stereocenters. The van der Waals surface area contributed by atoms with Gasteiger partial charge in [0.1, 0.15) is 5.75 Å². The Labute approximate surface area is 158 Å². The number of carbonyl (C=O) groups excluding carboxylic acids is 1. The molecule has 0 aliphatic carbocycles. The molecule has 2 rings (SSSR count). The standard InChI is InChI=1S/C18H22N2O6S/c1-24-15-10-17(26-3)16(25-2)9-13(15)11-19-18(21)12-6-5-7-14(8-12)20-27(4,22)23/h5-10,20H,11H2,1-4H3,(H,19,21). The molecule has 8 nitrogen and oxygen atoms in total. The molecule has 0 spiro atoms. The molecule has 0 aliphatic heterocycles. The number of nitrogens with one attached hydrogen (secondary N) is 2. The Morgan fingerprint density at radius 3 is 2.19 bits per heavy atom. The van der Waals surface area contributed by atoms with Crippen LogP contribution in [0.1, 0.15) is 15.9 Å². The monoisotopic (exact) mass is 394 g/mol. The predicted octanol–water partition coefficient (Wildman–Crippen LogP) is 2.01. The molecule has 146 valence electrons. The largest absolute Gasteiger partial charge is 0.496 e. The van der Waals surface area contributed by atoms with Crippen molar-refractivity contribution in [3.8, 4) is 17.2 Å². The second kappa shape index (κ2) is 8.63. The summed E-state index contributed by atoms with van der Waals surface area (Å²) in [5.74, 6) is 1.22. The number of hydrogen-bond donors (Lipinski definition) is 2. The van der Waals surface area contributed by atoms with E-state index in [1.807, 2.05) is 0 Å². The number of amides is 1. The highest BCUT2D eigenvalue weighted by Crippen LogP contribution is 2.34. The van der Waals surface area contributed by atoms with Crippen molar-refractivity contribution in [1.29, 1.82) is 0 Å². The quantitative estimate of drug-likeness (QED) is 0.710. The van der Waals surface area contributed by atoms with Crippen LogP contribution in [0, 0.1) is 0 Å². The van der Waals surface area contributed by atoms with Gasteiger partial charge in [-0.25, -0.2) is 8.42 Å². The summed E-state index contributed by atoms with van der Waals surface area (Å²) in [4.78, 5) is 12.4. The Hall–Kier alpha value is -2.94. The van der Waals surface area contributed by atoms with Gasteiger partial charge in [-0.2, -0.15) is 0 Å². The minimum Gasteiger partial charge on any atom is -0.496 e. The van der Waals surface area contributed by atoms with E-state index < -0.39 is 10.0 Å². The lowest BCUT2D eigenvalue weighted by Crippen LogP contribution is -2.23. The van der Waals surface area contributed by atoms with E-state index in [4.69, 9.17) is 14.2 Å². The molecular weight excluding hydrogens is 372 g/mol. The fourth-order valence-corrected chi connectivity index (χ4v) is 3.00. The second-order valence-corrected chi connectivity index (χ2v) is 7.41. The average Bonchev–Trinajstić information content (AvgIpc) is 2.64. The number of ether oxygens (including phenoxy) is 3. The van der Waals surface area contributed by atoms with Crippen LogP contribution < -0.4 is 24.2 Å². The third-order valence-electron chi connectivity index (χ3n) is 3.65. The van der Waals surface area contributed by atoms with Gasteiger partial charge in [-0.1, -0.05) is 6.07 Å². The van der Waals surface area contributed by atoms with Crippen LogP contribution >= 0.6 is 0 Å². The molecule has 0 aromatic heterocycles. The third-order valence-corrected chi connectivity index (χ3v) is 4.26. The molecule has 2 N–H and O–H groups in total. The van der Waals surface area contributed by atoms with Gasteiger partial charge in [0.2, 0.25) is 10.0 Å². The minimum atomic E-state index is -3.42. The SMILES string of the molecule is COc1cc(OC)c(OC)cc1CNC(=O)c1cccc(NS(C)(=O)=O)c1. The summed E-state index contributed by atoms with van der Waals surface area (Å²) in [7, 11) is 1.14. The highest BCUT2D eigenvalue weighted by molar-refractivity contribution is 7.92. The van der Waals surface area contributed by atoms with Crippen LogP contribution in [0.25, 0.3) is 0 Å². The molecule has 0 bridgehead atoms. The Kier molecular flexibility index (Phi) is 6.51.